The minimum absolute atomic E-state index is 0.0606. The first-order chi connectivity index (χ1) is 18.4. The number of nitrogens with one attached hydrogen (secondary N) is 2. The second kappa shape index (κ2) is 10.5. The summed E-state index contributed by atoms with van der Waals surface area (Å²) in [5.74, 6) is -0.419. The molecule has 7 heteroatoms. The number of rotatable bonds is 8. The predicted molar refractivity (Wildman–Crippen MR) is 148 cm³/mol. The summed E-state index contributed by atoms with van der Waals surface area (Å²) < 4.78 is 5.61. The minimum atomic E-state index is -0.813. The number of fused-ring (bicyclic) bond motifs is 4. The van der Waals surface area contributed by atoms with Gasteiger partial charge in [0.05, 0.1) is 17.1 Å². The molecule has 1 aromatic heterocycles. The molecule has 1 aliphatic carbocycles. The van der Waals surface area contributed by atoms with Crippen molar-refractivity contribution in [1.29, 1.82) is 0 Å². The first kappa shape index (κ1) is 25.3. The molecule has 0 saturated carbocycles. The normalized spacial score (nSPS) is 13.0. The van der Waals surface area contributed by atoms with Crippen LogP contribution in [0.4, 0.5) is 4.79 Å². The topological polar surface area (TPSA) is 91.5 Å². The summed E-state index contributed by atoms with van der Waals surface area (Å²) in [7, 11) is 0. The lowest BCUT2D eigenvalue weighted by Gasteiger charge is -2.19. The van der Waals surface area contributed by atoms with Gasteiger partial charge in [-0.15, -0.1) is 0 Å². The number of aromatic amines is 1. The van der Waals surface area contributed by atoms with Crippen LogP contribution in [0.1, 0.15) is 58.5 Å². The van der Waals surface area contributed by atoms with E-state index in [0.717, 1.165) is 22.3 Å². The number of aromatic nitrogens is 1. The second-order valence-electron chi connectivity index (χ2n) is 9.46. The van der Waals surface area contributed by atoms with E-state index in [4.69, 9.17) is 4.74 Å². The largest absolute Gasteiger partial charge is 0.449 e. The van der Waals surface area contributed by atoms with Crippen molar-refractivity contribution >= 4 is 28.7 Å². The van der Waals surface area contributed by atoms with E-state index in [9.17, 15) is 14.4 Å². The number of benzene rings is 3. The maximum Gasteiger partial charge on any atom is 0.407 e. The molecule has 4 aromatic rings. The van der Waals surface area contributed by atoms with E-state index < -0.39 is 12.1 Å². The summed E-state index contributed by atoms with van der Waals surface area (Å²) in [6.45, 7) is 6.86. The SMILES string of the molecule is CCN(CC)C(=O)c1cccc2c(C(=O)C(C)NC(=O)OCC3c4ccccc4-c4ccccc43)c[nH]c12. The highest BCUT2D eigenvalue weighted by Crippen LogP contribution is 2.44. The third-order valence-electron chi connectivity index (χ3n) is 7.33. The number of ketones is 1. The van der Waals surface area contributed by atoms with Gasteiger partial charge in [0.1, 0.15) is 6.61 Å². The second-order valence-corrected chi connectivity index (χ2v) is 9.46. The highest BCUT2D eigenvalue weighted by Gasteiger charge is 2.30. The molecule has 1 heterocycles. The lowest BCUT2D eigenvalue weighted by Crippen LogP contribution is -2.39. The lowest BCUT2D eigenvalue weighted by atomic mass is 9.98. The number of H-pyrrole nitrogens is 1. The van der Waals surface area contributed by atoms with Crippen molar-refractivity contribution in [2.45, 2.75) is 32.7 Å². The quantitative estimate of drug-likeness (QED) is 0.296. The zero-order chi connectivity index (χ0) is 26.8. The Bertz CT molecular complexity index is 1470. The molecule has 3 aromatic carbocycles. The van der Waals surface area contributed by atoms with Crippen LogP contribution in [0, 0.1) is 0 Å². The van der Waals surface area contributed by atoms with Crippen molar-refractivity contribution in [3.05, 3.63) is 95.2 Å². The maximum absolute atomic E-state index is 13.3. The number of amides is 2. The minimum Gasteiger partial charge on any atom is -0.449 e. The van der Waals surface area contributed by atoms with Gasteiger partial charge >= 0.3 is 6.09 Å². The molecule has 0 saturated heterocycles. The van der Waals surface area contributed by atoms with Gasteiger partial charge in [0.15, 0.2) is 5.78 Å². The summed E-state index contributed by atoms with van der Waals surface area (Å²) in [6.07, 6.45) is 0.951. The molecular formula is C31H31N3O4. The van der Waals surface area contributed by atoms with E-state index in [-0.39, 0.29) is 24.2 Å². The molecule has 2 N–H and O–H groups in total. The number of nitrogens with zero attached hydrogens (tertiary/aromatic N) is 1. The van der Waals surface area contributed by atoms with Crippen molar-refractivity contribution < 1.29 is 19.1 Å². The third kappa shape index (κ3) is 4.45. The molecule has 0 bridgehead atoms. The van der Waals surface area contributed by atoms with Crippen molar-refractivity contribution in [2.24, 2.45) is 0 Å². The summed E-state index contributed by atoms with van der Waals surface area (Å²) in [5.41, 5.74) is 6.10. The standard InChI is InChI=1S/C31H31N3O4/c1-4-34(5-2)30(36)25-16-10-15-24-26(17-32-28(24)25)29(35)19(3)33-31(37)38-18-27-22-13-8-6-11-20(22)21-12-7-9-14-23(21)27/h6-17,19,27,32H,4-5,18H2,1-3H3,(H,33,37). The van der Waals surface area contributed by atoms with E-state index in [1.54, 1.807) is 36.2 Å². The van der Waals surface area contributed by atoms with Gasteiger partial charge in [0, 0.05) is 36.2 Å². The fourth-order valence-electron chi connectivity index (χ4n) is 5.33. The summed E-state index contributed by atoms with van der Waals surface area (Å²) in [6, 6.07) is 20.8. The fourth-order valence-corrected chi connectivity index (χ4v) is 5.33. The van der Waals surface area contributed by atoms with Crippen LogP contribution in [-0.2, 0) is 4.74 Å². The van der Waals surface area contributed by atoms with E-state index in [1.807, 2.05) is 38.1 Å². The first-order valence-corrected chi connectivity index (χ1v) is 13.0. The molecular weight excluding hydrogens is 478 g/mol. The number of Topliss-reactive ketones (excluding diaryl/α,β-unsaturated/α-hetero) is 1. The Labute approximate surface area is 221 Å². The van der Waals surface area contributed by atoms with Gasteiger partial charge in [-0.2, -0.15) is 0 Å². The molecule has 1 unspecified atom stereocenters. The Kier molecular flexibility index (Phi) is 7.01. The molecule has 0 radical (unpaired) electrons. The molecule has 0 aliphatic heterocycles. The number of carbonyl (C=O) groups excluding carboxylic acids is 3. The van der Waals surface area contributed by atoms with Crippen LogP contribution in [0.25, 0.3) is 22.0 Å². The fraction of sp³-hybridized carbons (Fsp3) is 0.258. The highest BCUT2D eigenvalue weighted by atomic mass is 16.5. The van der Waals surface area contributed by atoms with Gasteiger partial charge in [0.25, 0.3) is 5.91 Å². The van der Waals surface area contributed by atoms with Crippen LogP contribution >= 0.6 is 0 Å². The number of hydrogen-bond donors (Lipinski definition) is 2. The van der Waals surface area contributed by atoms with Gasteiger partial charge in [-0.3, -0.25) is 9.59 Å². The molecule has 194 valence electrons. The third-order valence-corrected chi connectivity index (χ3v) is 7.33. The van der Waals surface area contributed by atoms with Gasteiger partial charge in [-0.1, -0.05) is 60.7 Å². The molecule has 1 atom stereocenters. The van der Waals surface area contributed by atoms with E-state index in [2.05, 4.69) is 34.6 Å². The monoisotopic (exact) mass is 509 g/mol. The van der Waals surface area contributed by atoms with Crippen molar-refractivity contribution in [3.8, 4) is 11.1 Å². The molecule has 1 aliphatic rings. The predicted octanol–water partition coefficient (Wildman–Crippen LogP) is 5.76. The van der Waals surface area contributed by atoms with Crippen molar-refractivity contribution in [3.63, 3.8) is 0 Å². The zero-order valence-corrected chi connectivity index (χ0v) is 21.8. The maximum atomic E-state index is 13.3. The van der Waals surface area contributed by atoms with Crippen LogP contribution in [0.2, 0.25) is 0 Å². The summed E-state index contributed by atoms with van der Waals surface area (Å²) >= 11 is 0. The van der Waals surface area contributed by atoms with Gasteiger partial charge in [-0.25, -0.2) is 4.79 Å². The van der Waals surface area contributed by atoms with Crippen LogP contribution in [-0.4, -0.2) is 53.4 Å². The lowest BCUT2D eigenvalue weighted by molar-refractivity contribution is 0.0774. The number of para-hydroxylation sites is 1. The molecule has 0 fully saturated rings. The highest BCUT2D eigenvalue weighted by molar-refractivity contribution is 6.15. The molecule has 2 amide bonds. The summed E-state index contributed by atoms with van der Waals surface area (Å²) in [4.78, 5) is 43.8. The van der Waals surface area contributed by atoms with E-state index >= 15 is 0 Å². The van der Waals surface area contributed by atoms with Gasteiger partial charge in [0.2, 0.25) is 0 Å². The van der Waals surface area contributed by atoms with Crippen LogP contribution in [0.5, 0.6) is 0 Å². The Morgan fingerprint density at radius 3 is 2.16 bits per heavy atom. The Hall–Kier alpha value is -4.39. The molecule has 38 heavy (non-hydrogen) atoms. The van der Waals surface area contributed by atoms with Crippen molar-refractivity contribution in [1.82, 2.24) is 15.2 Å². The van der Waals surface area contributed by atoms with Gasteiger partial charge in [-0.05, 0) is 49.1 Å². The average molecular weight is 510 g/mol. The number of ether oxygens (including phenoxy) is 1. The van der Waals surface area contributed by atoms with Crippen molar-refractivity contribution in [2.75, 3.05) is 19.7 Å². The van der Waals surface area contributed by atoms with E-state index in [0.29, 0.717) is 35.1 Å². The Morgan fingerprint density at radius 2 is 1.53 bits per heavy atom. The van der Waals surface area contributed by atoms with Crippen LogP contribution in [0.15, 0.2) is 72.9 Å². The Balaban J connectivity index is 1.28. The smallest absolute Gasteiger partial charge is 0.407 e. The molecule has 0 spiro atoms. The van der Waals surface area contributed by atoms with E-state index in [1.165, 1.54) is 0 Å². The Morgan fingerprint density at radius 1 is 0.895 bits per heavy atom. The van der Waals surface area contributed by atoms with Crippen LogP contribution < -0.4 is 5.32 Å². The number of carbonyl (C=O) groups is 3. The zero-order valence-electron chi connectivity index (χ0n) is 21.8. The first-order valence-electron chi connectivity index (χ1n) is 13.0. The number of alkyl carbamates (subject to hydrolysis) is 1. The number of hydrogen-bond acceptors (Lipinski definition) is 4. The molecule has 5 rings (SSSR count). The summed E-state index contributed by atoms with van der Waals surface area (Å²) in [5, 5.41) is 3.33. The van der Waals surface area contributed by atoms with Gasteiger partial charge < -0.3 is 19.9 Å². The van der Waals surface area contributed by atoms with Crippen LogP contribution in [0.3, 0.4) is 0 Å². The molecule has 7 nitrogen and oxygen atoms in total. The average Bonchev–Trinajstić information content (AvgIpc) is 3.51.